The first-order valence-corrected chi connectivity index (χ1v) is 4.62. The van der Waals surface area contributed by atoms with Crippen LogP contribution in [-0.2, 0) is 10.0 Å². The Labute approximate surface area is 69.3 Å². The Balaban J connectivity index is 3.39. The molecule has 0 radical (unpaired) electrons. The summed E-state index contributed by atoms with van der Waals surface area (Å²) in [4.78, 5) is 3.17. The van der Waals surface area contributed by atoms with Gasteiger partial charge in [-0.05, 0) is 19.1 Å². The lowest BCUT2D eigenvalue weighted by Crippen LogP contribution is -2.14. The number of aromatic nitrogens is 1. The maximum atomic E-state index is 12.4. The minimum atomic E-state index is -3.78. The highest BCUT2D eigenvalue weighted by molar-refractivity contribution is 7.89. The smallest absolute Gasteiger partial charge is 0.225 e. The summed E-state index contributed by atoms with van der Waals surface area (Å²) in [5.74, 6) is -0.722. The molecular weight excluding hydrogens is 183 g/mol. The maximum absolute atomic E-state index is 12.4. The van der Waals surface area contributed by atoms with E-state index in [0.717, 1.165) is 12.1 Å². The average molecular weight is 190 g/mol. The Bertz CT molecular complexity index is 402. The number of nitrogens with two attached hydrogens (primary N) is 1. The Morgan fingerprint density at radius 1 is 1.50 bits per heavy atom. The van der Waals surface area contributed by atoms with E-state index in [1.807, 2.05) is 0 Å². The van der Waals surface area contributed by atoms with Crippen molar-refractivity contribution in [3.63, 3.8) is 0 Å². The van der Waals surface area contributed by atoms with Crippen LogP contribution >= 0.6 is 0 Å². The second kappa shape index (κ2) is 2.80. The Hall–Kier alpha value is -1.01. The molecule has 1 aromatic heterocycles. The number of primary sulfonamides is 1. The second-order valence-electron chi connectivity index (χ2n) is 2.26. The van der Waals surface area contributed by atoms with Crippen LogP contribution in [0.5, 0.6) is 0 Å². The van der Waals surface area contributed by atoms with Gasteiger partial charge in [-0.15, -0.1) is 0 Å². The topological polar surface area (TPSA) is 73.0 Å². The highest BCUT2D eigenvalue weighted by Crippen LogP contribution is 2.10. The molecule has 0 amide bonds. The molecule has 0 aliphatic heterocycles. The lowest BCUT2D eigenvalue weighted by Gasteiger charge is -2.00. The molecular formula is C6H7FN2O2S. The molecule has 12 heavy (non-hydrogen) atoms. The van der Waals surface area contributed by atoms with Gasteiger partial charge in [0, 0.05) is 0 Å². The van der Waals surface area contributed by atoms with Crippen LogP contribution in [0, 0.1) is 12.9 Å². The zero-order chi connectivity index (χ0) is 9.35. The Morgan fingerprint density at radius 3 is 2.50 bits per heavy atom. The van der Waals surface area contributed by atoms with E-state index in [1.54, 1.807) is 0 Å². The number of rotatable bonds is 1. The third-order valence-electron chi connectivity index (χ3n) is 1.31. The molecule has 1 heterocycles. The van der Waals surface area contributed by atoms with Crippen molar-refractivity contribution in [1.82, 2.24) is 4.98 Å². The first kappa shape index (κ1) is 9.08. The molecule has 2 N–H and O–H groups in total. The fourth-order valence-corrected chi connectivity index (χ4v) is 1.53. The predicted molar refractivity (Wildman–Crippen MR) is 40.3 cm³/mol. The van der Waals surface area contributed by atoms with Gasteiger partial charge in [-0.25, -0.2) is 18.5 Å². The van der Waals surface area contributed by atoms with Crippen LogP contribution in [0.15, 0.2) is 17.0 Å². The third kappa shape index (κ3) is 1.77. The van der Waals surface area contributed by atoms with Crippen LogP contribution in [0.4, 0.5) is 4.39 Å². The fourth-order valence-electron chi connectivity index (χ4n) is 0.818. The van der Waals surface area contributed by atoms with Crippen molar-refractivity contribution < 1.29 is 12.8 Å². The molecule has 1 rings (SSSR count). The normalized spacial score (nSPS) is 11.6. The fraction of sp³-hybridized carbons (Fsp3) is 0.167. The molecule has 66 valence electrons. The lowest BCUT2D eigenvalue weighted by molar-refractivity contribution is 0.572. The highest BCUT2D eigenvalue weighted by Gasteiger charge is 2.12. The van der Waals surface area contributed by atoms with Gasteiger partial charge in [-0.2, -0.15) is 4.39 Å². The van der Waals surface area contributed by atoms with Crippen molar-refractivity contribution in [2.75, 3.05) is 0 Å². The van der Waals surface area contributed by atoms with Gasteiger partial charge in [-0.1, -0.05) is 0 Å². The number of pyridine rings is 1. The average Bonchev–Trinajstić information content (AvgIpc) is 1.83. The number of nitrogens with zero attached hydrogens (tertiary/aromatic N) is 1. The van der Waals surface area contributed by atoms with Crippen LogP contribution < -0.4 is 5.14 Å². The number of sulfonamides is 1. The van der Waals surface area contributed by atoms with Gasteiger partial charge in [0.2, 0.25) is 16.0 Å². The van der Waals surface area contributed by atoms with Crippen LogP contribution in [0.2, 0.25) is 0 Å². The summed E-state index contributed by atoms with van der Waals surface area (Å²) in [5, 5.41) is 4.82. The molecule has 0 aliphatic carbocycles. The summed E-state index contributed by atoms with van der Waals surface area (Å²) in [5.41, 5.74) is 0.0671. The van der Waals surface area contributed by atoms with Crippen LogP contribution in [0.1, 0.15) is 5.69 Å². The van der Waals surface area contributed by atoms with Gasteiger partial charge in [0.1, 0.15) is 4.90 Å². The Morgan fingerprint density at radius 2 is 2.08 bits per heavy atom. The molecule has 0 saturated heterocycles. The summed E-state index contributed by atoms with van der Waals surface area (Å²) in [6, 6.07) is 2.04. The number of aryl methyl sites for hydroxylation is 1. The van der Waals surface area contributed by atoms with E-state index in [-0.39, 0.29) is 10.6 Å². The van der Waals surface area contributed by atoms with E-state index in [9.17, 15) is 12.8 Å². The van der Waals surface area contributed by atoms with Gasteiger partial charge in [-0.3, -0.25) is 0 Å². The van der Waals surface area contributed by atoms with Crippen molar-refractivity contribution in [2.24, 2.45) is 5.14 Å². The summed E-state index contributed by atoms with van der Waals surface area (Å²) in [6.45, 7) is 1.38. The number of halogens is 1. The number of hydrogen-bond acceptors (Lipinski definition) is 3. The summed E-state index contributed by atoms with van der Waals surface area (Å²) >= 11 is 0. The van der Waals surface area contributed by atoms with Crippen molar-refractivity contribution in [3.05, 3.63) is 23.8 Å². The molecule has 0 fully saturated rings. The minimum absolute atomic E-state index is 0.0671. The van der Waals surface area contributed by atoms with Crippen LogP contribution in [0.3, 0.4) is 0 Å². The molecule has 4 nitrogen and oxygen atoms in total. The molecule has 1 aromatic rings. The van der Waals surface area contributed by atoms with Gasteiger partial charge in [0.05, 0.1) is 5.69 Å². The molecule has 0 aliphatic rings. The van der Waals surface area contributed by atoms with Crippen molar-refractivity contribution >= 4 is 10.0 Å². The molecule has 0 unspecified atom stereocenters. The van der Waals surface area contributed by atoms with E-state index in [1.165, 1.54) is 6.92 Å². The quantitative estimate of drug-likeness (QED) is 0.642. The SMILES string of the molecule is Cc1nc(F)ccc1S(N)(=O)=O. The molecule has 6 heteroatoms. The van der Waals surface area contributed by atoms with Gasteiger partial charge in [0.15, 0.2) is 0 Å². The van der Waals surface area contributed by atoms with Gasteiger partial charge < -0.3 is 0 Å². The van der Waals surface area contributed by atoms with Gasteiger partial charge in [0.25, 0.3) is 0 Å². The van der Waals surface area contributed by atoms with Crippen molar-refractivity contribution in [3.8, 4) is 0 Å². The first-order valence-electron chi connectivity index (χ1n) is 3.07. The summed E-state index contributed by atoms with van der Waals surface area (Å²) in [7, 11) is -3.78. The predicted octanol–water partition coefficient (Wildman–Crippen LogP) is 0.177. The lowest BCUT2D eigenvalue weighted by atomic mass is 10.4. The first-order chi connectivity index (χ1) is 5.41. The van der Waals surface area contributed by atoms with E-state index in [0.29, 0.717) is 0 Å². The Kier molecular flexibility index (Phi) is 2.12. The van der Waals surface area contributed by atoms with Crippen molar-refractivity contribution in [1.29, 1.82) is 0 Å². The largest absolute Gasteiger partial charge is 0.239 e. The minimum Gasteiger partial charge on any atom is -0.225 e. The second-order valence-corrected chi connectivity index (χ2v) is 3.79. The van der Waals surface area contributed by atoms with Crippen LogP contribution in [-0.4, -0.2) is 13.4 Å². The zero-order valence-electron chi connectivity index (χ0n) is 6.28. The van der Waals surface area contributed by atoms with E-state index in [4.69, 9.17) is 5.14 Å². The zero-order valence-corrected chi connectivity index (χ0v) is 7.10. The third-order valence-corrected chi connectivity index (χ3v) is 2.35. The van der Waals surface area contributed by atoms with Gasteiger partial charge >= 0.3 is 0 Å². The molecule has 0 spiro atoms. The van der Waals surface area contributed by atoms with E-state index >= 15 is 0 Å². The molecule has 0 aromatic carbocycles. The van der Waals surface area contributed by atoms with Crippen LogP contribution in [0.25, 0.3) is 0 Å². The molecule has 0 atom stereocenters. The van der Waals surface area contributed by atoms with E-state index in [2.05, 4.69) is 4.98 Å². The van der Waals surface area contributed by atoms with E-state index < -0.39 is 16.0 Å². The van der Waals surface area contributed by atoms with Crippen molar-refractivity contribution in [2.45, 2.75) is 11.8 Å². The highest BCUT2D eigenvalue weighted by atomic mass is 32.2. The number of hydrogen-bond donors (Lipinski definition) is 1. The maximum Gasteiger partial charge on any atom is 0.239 e. The molecule has 0 saturated carbocycles. The molecule has 0 bridgehead atoms. The summed E-state index contributed by atoms with van der Waals surface area (Å²) in [6.07, 6.45) is 0. The summed E-state index contributed by atoms with van der Waals surface area (Å²) < 4.78 is 33.9. The monoisotopic (exact) mass is 190 g/mol. The standard InChI is InChI=1S/C6H7FN2O2S/c1-4-5(12(8,10)11)2-3-6(7)9-4/h2-3H,1H3,(H2,8,10,11).